The molecular weight excluding hydrogens is 630 g/mol. The molecule has 5 aromatic rings. The molecule has 50 heavy (non-hydrogen) atoms. The highest BCUT2D eigenvalue weighted by molar-refractivity contribution is 6.05. The van der Waals surface area contributed by atoms with Gasteiger partial charge in [-0.05, 0) is 72.1 Å². The van der Waals surface area contributed by atoms with Crippen molar-refractivity contribution in [1.82, 2.24) is 19.4 Å². The van der Waals surface area contributed by atoms with Gasteiger partial charge < -0.3 is 33.0 Å². The molecule has 0 spiro atoms. The molecule has 0 unspecified atom stereocenters. The Morgan fingerprint density at radius 2 is 1.76 bits per heavy atom. The van der Waals surface area contributed by atoms with E-state index in [0.29, 0.717) is 38.2 Å². The summed E-state index contributed by atoms with van der Waals surface area (Å²) in [5.74, 6) is 2.62. The van der Waals surface area contributed by atoms with Gasteiger partial charge in [0.05, 0.1) is 42.8 Å². The van der Waals surface area contributed by atoms with Gasteiger partial charge in [-0.1, -0.05) is 30.3 Å². The van der Waals surface area contributed by atoms with E-state index in [-0.39, 0.29) is 35.8 Å². The number of carbonyl (C=O) groups excluding carboxylic acids is 1. The zero-order chi connectivity index (χ0) is 34.6. The summed E-state index contributed by atoms with van der Waals surface area (Å²) >= 11 is 0. The predicted molar refractivity (Wildman–Crippen MR) is 195 cm³/mol. The largest absolute Gasteiger partial charge is 0.473 e. The molecule has 1 amide bonds. The van der Waals surface area contributed by atoms with Gasteiger partial charge in [-0.15, -0.1) is 0 Å². The number of para-hydroxylation sites is 2. The maximum atomic E-state index is 13.3. The van der Waals surface area contributed by atoms with Crippen molar-refractivity contribution < 1.29 is 23.4 Å². The Labute approximate surface area is 293 Å². The lowest BCUT2D eigenvalue weighted by Crippen LogP contribution is -2.40. The highest BCUT2D eigenvalue weighted by Crippen LogP contribution is 2.41. The second-order valence-electron chi connectivity index (χ2n) is 15.4. The minimum Gasteiger partial charge on any atom is -0.473 e. The summed E-state index contributed by atoms with van der Waals surface area (Å²) in [7, 11) is 0. The first kappa shape index (κ1) is 33.0. The van der Waals surface area contributed by atoms with Gasteiger partial charge in [0.2, 0.25) is 5.91 Å². The number of furan rings is 1. The van der Waals surface area contributed by atoms with E-state index in [1.807, 2.05) is 30.0 Å². The Bertz CT molecular complexity index is 2020. The average Bonchev–Trinajstić information content (AvgIpc) is 3.77. The van der Waals surface area contributed by atoms with Crippen molar-refractivity contribution in [2.75, 3.05) is 37.7 Å². The van der Waals surface area contributed by atoms with Crippen LogP contribution < -0.4 is 9.64 Å². The lowest BCUT2D eigenvalue weighted by atomic mass is 10.0. The van der Waals surface area contributed by atoms with Crippen molar-refractivity contribution in [2.24, 2.45) is 0 Å². The van der Waals surface area contributed by atoms with Crippen LogP contribution in [0.1, 0.15) is 77.2 Å². The third-order valence-corrected chi connectivity index (χ3v) is 10.6. The minimum absolute atomic E-state index is 0.0177. The zero-order valence-corrected chi connectivity index (χ0v) is 30.0. The first-order chi connectivity index (χ1) is 24.1. The number of rotatable bonds is 2. The Kier molecular flexibility index (Phi) is 8.71. The number of hydrogen-bond acceptors (Lipinski definition) is 8. The molecule has 264 valence electrons. The zero-order valence-electron chi connectivity index (χ0n) is 30.0. The Morgan fingerprint density at radius 3 is 2.56 bits per heavy atom. The van der Waals surface area contributed by atoms with E-state index >= 15 is 0 Å². The summed E-state index contributed by atoms with van der Waals surface area (Å²) < 4.78 is 28.7. The summed E-state index contributed by atoms with van der Waals surface area (Å²) in [6.45, 7) is 13.6. The van der Waals surface area contributed by atoms with Crippen LogP contribution in [0, 0.1) is 6.92 Å². The number of nitrogens with zero attached hydrogens (tertiary/aromatic N) is 5. The average molecular weight is 680 g/mol. The lowest BCUT2D eigenvalue weighted by molar-refractivity contribution is -0.135. The van der Waals surface area contributed by atoms with Gasteiger partial charge in [0.15, 0.2) is 17.3 Å². The summed E-state index contributed by atoms with van der Waals surface area (Å²) in [5.41, 5.74) is 4.35. The molecule has 2 saturated heterocycles. The molecule has 6 bridgehead atoms. The summed E-state index contributed by atoms with van der Waals surface area (Å²) in [4.78, 5) is 28.0. The molecule has 0 aliphatic carbocycles. The number of amides is 1. The number of aromatic nitrogens is 3. The number of ether oxygens (including phenoxy) is 3. The SMILES string of the molecule is Cc1c2n(c3ccccc13)C1CCN(CC1)C(=O)C[C@@H](C)OCCCc1nc(c3oc4ccccc4c3n1)N1C[C@H](C[C@H]1COC(C)(C)C)O2. The van der Waals surface area contributed by atoms with Crippen LogP contribution in [0.2, 0.25) is 0 Å². The molecule has 4 aliphatic heterocycles. The number of hydrogen-bond donors (Lipinski definition) is 0. The molecular formula is C40H49N5O5. The van der Waals surface area contributed by atoms with Gasteiger partial charge in [-0.25, -0.2) is 9.97 Å². The number of anilines is 1. The van der Waals surface area contributed by atoms with E-state index < -0.39 is 0 Å². The third kappa shape index (κ3) is 6.32. The molecule has 9 rings (SSSR count). The van der Waals surface area contributed by atoms with Crippen LogP contribution in [0.4, 0.5) is 5.82 Å². The number of fused-ring (bicyclic) bond motifs is 12. The van der Waals surface area contributed by atoms with E-state index in [1.165, 1.54) is 10.9 Å². The number of benzene rings is 2. The first-order valence-electron chi connectivity index (χ1n) is 18.4. The van der Waals surface area contributed by atoms with Crippen LogP contribution in [-0.2, 0) is 20.7 Å². The smallest absolute Gasteiger partial charge is 0.225 e. The van der Waals surface area contributed by atoms with Crippen molar-refractivity contribution in [3.63, 3.8) is 0 Å². The quantitative estimate of drug-likeness (QED) is 0.191. The second-order valence-corrected chi connectivity index (χ2v) is 15.4. The maximum absolute atomic E-state index is 13.3. The minimum atomic E-state index is -0.295. The van der Waals surface area contributed by atoms with E-state index in [2.05, 4.69) is 67.5 Å². The van der Waals surface area contributed by atoms with Crippen LogP contribution in [-0.4, -0.2) is 82.0 Å². The predicted octanol–water partition coefficient (Wildman–Crippen LogP) is 7.39. The molecule has 10 heteroatoms. The van der Waals surface area contributed by atoms with E-state index in [9.17, 15) is 4.79 Å². The molecule has 4 aliphatic rings. The van der Waals surface area contributed by atoms with Crippen molar-refractivity contribution in [3.05, 3.63) is 59.9 Å². The fourth-order valence-electron chi connectivity index (χ4n) is 8.04. The van der Waals surface area contributed by atoms with Crippen molar-refractivity contribution in [3.8, 4) is 5.88 Å². The number of aryl methyl sites for hydroxylation is 2. The Balaban J connectivity index is 1.23. The van der Waals surface area contributed by atoms with Crippen LogP contribution in [0.3, 0.4) is 0 Å². The van der Waals surface area contributed by atoms with Crippen LogP contribution in [0.15, 0.2) is 52.9 Å². The van der Waals surface area contributed by atoms with Crippen LogP contribution >= 0.6 is 0 Å². The molecule has 0 radical (unpaired) electrons. The molecule has 0 saturated carbocycles. The summed E-state index contributed by atoms with van der Waals surface area (Å²) in [6.07, 6.45) is 4.03. The topological polar surface area (TPSA) is 95.1 Å². The molecule has 7 heterocycles. The van der Waals surface area contributed by atoms with Gasteiger partial charge in [-0.3, -0.25) is 4.79 Å². The molecule has 0 N–H and O–H groups in total. The third-order valence-electron chi connectivity index (χ3n) is 10.6. The molecule has 2 fully saturated rings. The highest BCUT2D eigenvalue weighted by Gasteiger charge is 2.39. The first-order valence-corrected chi connectivity index (χ1v) is 18.4. The summed E-state index contributed by atoms with van der Waals surface area (Å²) in [5, 5.41) is 2.18. The second kappa shape index (κ2) is 13.2. The monoisotopic (exact) mass is 679 g/mol. The van der Waals surface area contributed by atoms with Gasteiger partial charge in [-0.2, -0.15) is 0 Å². The van der Waals surface area contributed by atoms with Crippen LogP contribution in [0.25, 0.3) is 33.0 Å². The fourth-order valence-corrected chi connectivity index (χ4v) is 8.04. The number of carbonyl (C=O) groups is 1. The fraction of sp³-hybridized carbons (Fsp3) is 0.525. The molecule has 10 nitrogen and oxygen atoms in total. The Hall–Kier alpha value is -4.15. The summed E-state index contributed by atoms with van der Waals surface area (Å²) in [6, 6.07) is 16.9. The van der Waals surface area contributed by atoms with Crippen molar-refractivity contribution in [1.29, 1.82) is 0 Å². The maximum Gasteiger partial charge on any atom is 0.225 e. The molecule has 3 atom stereocenters. The van der Waals surface area contributed by atoms with Gasteiger partial charge in [0.1, 0.15) is 23.0 Å². The number of piperidine rings is 1. The van der Waals surface area contributed by atoms with E-state index in [1.54, 1.807) is 0 Å². The van der Waals surface area contributed by atoms with E-state index in [4.69, 9.17) is 28.6 Å². The molecule has 3 aromatic heterocycles. The van der Waals surface area contributed by atoms with Gasteiger partial charge in [0.25, 0.3) is 0 Å². The van der Waals surface area contributed by atoms with Gasteiger partial charge >= 0.3 is 0 Å². The van der Waals surface area contributed by atoms with Crippen molar-refractivity contribution >= 4 is 44.7 Å². The van der Waals surface area contributed by atoms with Crippen LogP contribution in [0.5, 0.6) is 5.88 Å². The van der Waals surface area contributed by atoms with Gasteiger partial charge in [0, 0.05) is 54.9 Å². The Morgan fingerprint density at radius 1 is 1.00 bits per heavy atom. The van der Waals surface area contributed by atoms with E-state index in [0.717, 1.165) is 78.3 Å². The highest BCUT2D eigenvalue weighted by atomic mass is 16.5. The molecule has 2 aromatic carbocycles. The lowest BCUT2D eigenvalue weighted by Gasteiger charge is -2.34. The standard InChI is InChI=1S/C40H49N5O5/c1-25-21-35(46)43-18-16-27(17-19-43)45-32-13-8-6-11-30(32)26(2)39(45)49-29-22-28(24-48-40(3,4)5)44(23-29)38-37-36(31-12-7-9-14-33(31)50-37)41-34(42-38)15-10-20-47-25/h6-9,11-14,25,27-29H,10,15-24H2,1-5H3/t25-,28+,29+/m1/s1. The normalized spacial score (nSPS) is 23.9. The van der Waals surface area contributed by atoms with Crippen molar-refractivity contribution in [2.45, 2.75) is 103 Å².